The summed E-state index contributed by atoms with van der Waals surface area (Å²) in [5, 5.41) is 4.21. The van der Waals surface area contributed by atoms with Crippen molar-refractivity contribution in [2.45, 2.75) is 31.6 Å². The molecule has 160 valence electrons. The van der Waals surface area contributed by atoms with Crippen LogP contribution in [0, 0.1) is 0 Å². The third-order valence-electron chi connectivity index (χ3n) is 5.40. The zero-order chi connectivity index (χ0) is 21.3. The number of benzene rings is 2. The second-order valence-electron chi connectivity index (χ2n) is 7.47. The van der Waals surface area contributed by atoms with Crippen molar-refractivity contribution in [3.8, 4) is 17.0 Å². The second-order valence-corrected chi connectivity index (χ2v) is 9.16. The standard InChI is InChI=1S/C22H23F3N2O2S/c1-29-17-5-2-4-15(12-17)21-13-18-19(26-16-8-10-30(28)11-9-16)6-3-7-20(18)27(21)14-22(23,24)25/h2-7,12-13,16,26H,8-11,14H2,1H3. The first-order valence-corrected chi connectivity index (χ1v) is 11.3. The van der Waals surface area contributed by atoms with Gasteiger partial charge in [0, 0.05) is 50.7 Å². The summed E-state index contributed by atoms with van der Waals surface area (Å²) in [6.07, 6.45) is -2.78. The predicted octanol–water partition coefficient (Wildman–Crippen LogP) is 5.20. The molecule has 2 aromatic carbocycles. The van der Waals surface area contributed by atoms with Gasteiger partial charge in [-0.25, -0.2) is 0 Å². The van der Waals surface area contributed by atoms with Crippen LogP contribution >= 0.6 is 0 Å². The Morgan fingerprint density at radius 1 is 1.13 bits per heavy atom. The zero-order valence-electron chi connectivity index (χ0n) is 16.5. The Hall–Kier alpha value is -2.48. The summed E-state index contributed by atoms with van der Waals surface area (Å²) in [7, 11) is 0.765. The summed E-state index contributed by atoms with van der Waals surface area (Å²) in [4.78, 5) is 0. The molecule has 1 N–H and O–H groups in total. The Morgan fingerprint density at radius 2 is 1.87 bits per heavy atom. The van der Waals surface area contributed by atoms with E-state index in [0.29, 0.717) is 34.0 Å². The van der Waals surface area contributed by atoms with E-state index in [1.165, 1.54) is 11.7 Å². The number of alkyl halides is 3. The van der Waals surface area contributed by atoms with E-state index >= 15 is 0 Å². The minimum Gasteiger partial charge on any atom is -0.497 e. The molecule has 1 aliphatic heterocycles. The number of hydrogen-bond donors (Lipinski definition) is 1. The van der Waals surface area contributed by atoms with Gasteiger partial charge in [0.05, 0.1) is 12.6 Å². The van der Waals surface area contributed by atoms with Gasteiger partial charge in [0.2, 0.25) is 0 Å². The van der Waals surface area contributed by atoms with E-state index in [1.807, 2.05) is 6.07 Å². The number of hydrogen-bond acceptors (Lipinski definition) is 3. The topological polar surface area (TPSA) is 43.3 Å². The average Bonchev–Trinajstić information content (AvgIpc) is 3.08. The van der Waals surface area contributed by atoms with Crippen molar-refractivity contribution in [3.05, 3.63) is 48.5 Å². The van der Waals surface area contributed by atoms with Gasteiger partial charge in [0.25, 0.3) is 0 Å². The van der Waals surface area contributed by atoms with E-state index in [2.05, 4.69) is 5.32 Å². The lowest BCUT2D eigenvalue weighted by Gasteiger charge is -2.24. The Balaban J connectivity index is 1.80. The molecule has 1 aliphatic rings. The van der Waals surface area contributed by atoms with Gasteiger partial charge >= 0.3 is 6.18 Å². The molecule has 1 saturated heterocycles. The van der Waals surface area contributed by atoms with Crippen molar-refractivity contribution in [2.24, 2.45) is 0 Å². The van der Waals surface area contributed by atoms with Gasteiger partial charge in [0.1, 0.15) is 12.3 Å². The van der Waals surface area contributed by atoms with Gasteiger partial charge in [-0.2, -0.15) is 13.2 Å². The van der Waals surface area contributed by atoms with Crippen molar-refractivity contribution < 1.29 is 22.1 Å². The molecule has 0 saturated carbocycles. The first-order chi connectivity index (χ1) is 14.3. The average molecular weight is 436 g/mol. The summed E-state index contributed by atoms with van der Waals surface area (Å²) < 4.78 is 58.4. The van der Waals surface area contributed by atoms with Crippen LogP contribution < -0.4 is 10.1 Å². The number of aromatic nitrogens is 1. The van der Waals surface area contributed by atoms with E-state index in [0.717, 1.165) is 23.9 Å². The fraction of sp³-hybridized carbons (Fsp3) is 0.364. The van der Waals surface area contributed by atoms with E-state index in [4.69, 9.17) is 4.74 Å². The van der Waals surface area contributed by atoms with Crippen LogP contribution in [0.5, 0.6) is 5.75 Å². The molecule has 1 fully saturated rings. The highest BCUT2D eigenvalue weighted by Gasteiger charge is 2.30. The molecule has 30 heavy (non-hydrogen) atoms. The van der Waals surface area contributed by atoms with Crippen molar-refractivity contribution in [2.75, 3.05) is 23.9 Å². The molecule has 0 unspecified atom stereocenters. The lowest BCUT2D eigenvalue weighted by Crippen LogP contribution is -2.29. The number of nitrogens with one attached hydrogen (secondary N) is 1. The molecular weight excluding hydrogens is 413 g/mol. The van der Waals surface area contributed by atoms with Crippen LogP contribution in [0.2, 0.25) is 0 Å². The number of rotatable bonds is 5. The van der Waals surface area contributed by atoms with Gasteiger partial charge in [0.15, 0.2) is 0 Å². The van der Waals surface area contributed by atoms with Gasteiger partial charge in [-0.15, -0.1) is 0 Å². The Labute approximate surface area is 175 Å². The molecule has 0 radical (unpaired) electrons. The van der Waals surface area contributed by atoms with Crippen LogP contribution in [-0.2, 0) is 17.3 Å². The van der Waals surface area contributed by atoms with Gasteiger partial charge < -0.3 is 14.6 Å². The number of anilines is 1. The van der Waals surface area contributed by atoms with Crippen LogP contribution in [0.1, 0.15) is 12.8 Å². The Bertz CT molecular complexity index is 1070. The van der Waals surface area contributed by atoms with Gasteiger partial charge in [-0.1, -0.05) is 18.2 Å². The molecule has 2 heterocycles. The van der Waals surface area contributed by atoms with E-state index in [9.17, 15) is 17.4 Å². The van der Waals surface area contributed by atoms with E-state index < -0.39 is 23.5 Å². The molecule has 4 nitrogen and oxygen atoms in total. The normalized spacial score (nSPS) is 19.7. The Morgan fingerprint density at radius 3 is 2.57 bits per heavy atom. The molecule has 0 bridgehead atoms. The molecule has 0 aliphatic carbocycles. The van der Waals surface area contributed by atoms with Crippen LogP contribution in [-0.4, -0.2) is 39.6 Å². The Kier molecular flexibility index (Phi) is 5.77. The van der Waals surface area contributed by atoms with Crippen molar-refractivity contribution in [3.63, 3.8) is 0 Å². The van der Waals surface area contributed by atoms with Gasteiger partial charge in [-0.3, -0.25) is 4.21 Å². The monoisotopic (exact) mass is 436 g/mol. The maximum absolute atomic E-state index is 13.4. The SMILES string of the molecule is COc1cccc(-c2cc3c(NC4CCS(=O)CC4)cccc3n2CC(F)(F)F)c1. The third-order valence-corrected chi connectivity index (χ3v) is 6.78. The largest absolute Gasteiger partial charge is 0.497 e. The molecule has 8 heteroatoms. The maximum Gasteiger partial charge on any atom is 0.406 e. The minimum atomic E-state index is -4.35. The highest BCUT2D eigenvalue weighted by Crippen LogP contribution is 2.36. The summed E-state index contributed by atoms with van der Waals surface area (Å²) in [5.41, 5.74) is 2.47. The summed E-state index contributed by atoms with van der Waals surface area (Å²) in [6, 6.07) is 14.4. The fourth-order valence-electron chi connectivity index (χ4n) is 3.94. The lowest BCUT2D eigenvalue weighted by atomic mass is 10.1. The summed E-state index contributed by atoms with van der Waals surface area (Å²) in [6.45, 7) is -1.07. The van der Waals surface area contributed by atoms with Crippen molar-refractivity contribution >= 4 is 27.4 Å². The number of methoxy groups -OCH3 is 1. The smallest absolute Gasteiger partial charge is 0.406 e. The van der Waals surface area contributed by atoms with Crippen LogP contribution in [0.25, 0.3) is 22.2 Å². The number of nitrogens with zero attached hydrogens (tertiary/aromatic N) is 1. The van der Waals surface area contributed by atoms with Crippen molar-refractivity contribution in [1.29, 1.82) is 0 Å². The molecule has 3 aromatic rings. The molecule has 0 amide bonds. The first-order valence-electron chi connectivity index (χ1n) is 9.79. The predicted molar refractivity (Wildman–Crippen MR) is 115 cm³/mol. The highest BCUT2D eigenvalue weighted by atomic mass is 32.2. The minimum absolute atomic E-state index is 0.166. The third kappa shape index (κ3) is 4.48. The zero-order valence-corrected chi connectivity index (χ0v) is 17.4. The van der Waals surface area contributed by atoms with Gasteiger partial charge in [-0.05, 0) is 43.2 Å². The maximum atomic E-state index is 13.4. The number of fused-ring (bicyclic) bond motifs is 1. The molecular formula is C22H23F3N2O2S. The number of halogens is 3. The van der Waals surface area contributed by atoms with Crippen molar-refractivity contribution in [1.82, 2.24) is 4.57 Å². The molecule has 4 rings (SSSR count). The molecule has 1 aromatic heterocycles. The fourth-order valence-corrected chi connectivity index (χ4v) is 5.24. The summed E-state index contributed by atoms with van der Waals surface area (Å²) >= 11 is 0. The summed E-state index contributed by atoms with van der Waals surface area (Å²) in [5.74, 6) is 1.89. The highest BCUT2D eigenvalue weighted by molar-refractivity contribution is 7.85. The molecule has 0 atom stereocenters. The number of ether oxygens (including phenoxy) is 1. The molecule has 0 spiro atoms. The second kappa shape index (κ2) is 8.34. The van der Waals surface area contributed by atoms with Crippen LogP contribution in [0.4, 0.5) is 18.9 Å². The van der Waals surface area contributed by atoms with Crippen LogP contribution in [0.3, 0.4) is 0 Å². The first kappa shape index (κ1) is 20.8. The quantitative estimate of drug-likeness (QED) is 0.598. The lowest BCUT2D eigenvalue weighted by molar-refractivity contribution is -0.139. The van der Waals surface area contributed by atoms with Crippen LogP contribution in [0.15, 0.2) is 48.5 Å². The van der Waals surface area contributed by atoms with E-state index in [-0.39, 0.29) is 6.04 Å². The van der Waals surface area contributed by atoms with E-state index in [1.54, 1.807) is 42.5 Å².